The van der Waals surface area contributed by atoms with Crippen molar-refractivity contribution >= 4 is 17.2 Å². The Bertz CT molecular complexity index is 773. The Morgan fingerprint density at radius 2 is 2.15 bits per heavy atom. The van der Waals surface area contributed by atoms with E-state index in [0.29, 0.717) is 17.1 Å². The second kappa shape index (κ2) is 5.11. The van der Waals surface area contributed by atoms with E-state index < -0.39 is 5.82 Å². The summed E-state index contributed by atoms with van der Waals surface area (Å²) in [7, 11) is 0. The van der Waals surface area contributed by atoms with E-state index in [4.69, 9.17) is 16.3 Å². The first-order valence-corrected chi connectivity index (χ1v) is 6.26. The van der Waals surface area contributed by atoms with E-state index in [0.717, 1.165) is 0 Å². The number of fused-ring (bicyclic) bond motifs is 1. The normalized spacial score (nSPS) is 10.9. The van der Waals surface area contributed by atoms with Gasteiger partial charge in [0, 0.05) is 12.3 Å². The van der Waals surface area contributed by atoms with Crippen LogP contribution in [0.4, 0.5) is 4.39 Å². The Morgan fingerprint density at radius 3 is 2.90 bits per heavy atom. The van der Waals surface area contributed by atoms with Crippen molar-refractivity contribution in [2.45, 2.75) is 6.61 Å². The van der Waals surface area contributed by atoms with Crippen LogP contribution in [-0.2, 0) is 6.61 Å². The van der Waals surface area contributed by atoms with Gasteiger partial charge < -0.3 is 9.84 Å². The zero-order valence-corrected chi connectivity index (χ0v) is 11.0. The molecule has 0 amide bonds. The molecule has 0 fully saturated rings. The van der Waals surface area contributed by atoms with Gasteiger partial charge in [-0.1, -0.05) is 17.7 Å². The van der Waals surface area contributed by atoms with Gasteiger partial charge in [0.25, 0.3) is 0 Å². The highest BCUT2D eigenvalue weighted by atomic mass is 35.5. The van der Waals surface area contributed by atoms with E-state index in [1.807, 2.05) is 12.1 Å². The van der Waals surface area contributed by atoms with Crippen molar-refractivity contribution in [1.29, 1.82) is 0 Å². The van der Waals surface area contributed by atoms with Crippen LogP contribution >= 0.6 is 11.6 Å². The van der Waals surface area contributed by atoms with Crippen LogP contribution in [0.3, 0.4) is 0 Å². The first-order chi connectivity index (χ1) is 9.69. The maximum absolute atomic E-state index is 13.1. The molecule has 2 aromatic heterocycles. The van der Waals surface area contributed by atoms with Crippen LogP contribution in [0.25, 0.3) is 5.65 Å². The highest BCUT2D eigenvalue weighted by Gasteiger charge is 2.13. The van der Waals surface area contributed by atoms with Gasteiger partial charge in [0.2, 0.25) is 5.88 Å². The minimum absolute atomic E-state index is 0.0307. The molecule has 0 saturated carbocycles. The zero-order valence-electron chi connectivity index (χ0n) is 10.3. The van der Waals surface area contributed by atoms with Crippen molar-refractivity contribution in [1.82, 2.24) is 9.38 Å². The number of aromatic nitrogens is 2. The predicted molar refractivity (Wildman–Crippen MR) is 72.6 cm³/mol. The highest BCUT2D eigenvalue weighted by Crippen LogP contribution is 2.28. The number of hydrogen-bond acceptors (Lipinski definition) is 3. The number of halogens is 2. The number of aliphatic hydroxyl groups excluding tert-OH is 1. The number of pyridine rings is 1. The molecule has 0 aliphatic rings. The number of imidazole rings is 1. The lowest BCUT2D eigenvalue weighted by Gasteiger charge is -2.05. The highest BCUT2D eigenvalue weighted by molar-refractivity contribution is 6.30. The first-order valence-electron chi connectivity index (χ1n) is 5.89. The number of benzene rings is 1. The lowest BCUT2D eigenvalue weighted by Crippen LogP contribution is -1.94. The van der Waals surface area contributed by atoms with Gasteiger partial charge in [-0.05, 0) is 24.3 Å². The standard InChI is InChI=1S/C14H10ClFN2O2/c15-10-7-9(4-5-11(10)16)20-14-12(8-19)18-6-2-1-3-13(18)17-14/h1-7,19H,8H2. The van der Waals surface area contributed by atoms with Crippen LogP contribution < -0.4 is 4.74 Å². The monoisotopic (exact) mass is 292 g/mol. The minimum Gasteiger partial charge on any atom is -0.437 e. The topological polar surface area (TPSA) is 46.8 Å². The first kappa shape index (κ1) is 12.9. The summed E-state index contributed by atoms with van der Waals surface area (Å²) < 4.78 is 20.4. The fraction of sp³-hybridized carbons (Fsp3) is 0.0714. The molecular formula is C14H10ClFN2O2. The molecule has 4 nitrogen and oxygen atoms in total. The average molecular weight is 293 g/mol. The SMILES string of the molecule is OCc1c(Oc2ccc(F)c(Cl)c2)nc2ccccn12. The Hall–Kier alpha value is -2.11. The summed E-state index contributed by atoms with van der Waals surface area (Å²) in [5, 5.41) is 9.42. The van der Waals surface area contributed by atoms with Gasteiger partial charge in [0.1, 0.15) is 22.9 Å². The molecule has 0 aliphatic carbocycles. The maximum atomic E-state index is 13.1. The van der Waals surface area contributed by atoms with Crippen LogP contribution in [0.1, 0.15) is 5.69 Å². The molecular weight excluding hydrogens is 283 g/mol. The molecule has 3 aromatic rings. The summed E-state index contributed by atoms with van der Waals surface area (Å²) >= 11 is 5.70. The molecule has 0 spiro atoms. The van der Waals surface area contributed by atoms with Gasteiger partial charge in [0.05, 0.1) is 11.6 Å². The van der Waals surface area contributed by atoms with E-state index in [9.17, 15) is 9.50 Å². The Morgan fingerprint density at radius 1 is 1.30 bits per heavy atom. The number of nitrogens with zero attached hydrogens (tertiary/aromatic N) is 2. The van der Waals surface area contributed by atoms with Crippen molar-refractivity contribution in [2.75, 3.05) is 0 Å². The van der Waals surface area contributed by atoms with E-state index in [1.54, 1.807) is 16.7 Å². The van der Waals surface area contributed by atoms with Crippen LogP contribution in [-0.4, -0.2) is 14.5 Å². The van der Waals surface area contributed by atoms with Gasteiger partial charge in [-0.3, -0.25) is 4.40 Å². The zero-order chi connectivity index (χ0) is 14.1. The van der Waals surface area contributed by atoms with Crippen LogP contribution in [0.2, 0.25) is 5.02 Å². The Labute approximate surface area is 119 Å². The lowest BCUT2D eigenvalue weighted by molar-refractivity contribution is 0.269. The van der Waals surface area contributed by atoms with E-state index >= 15 is 0 Å². The van der Waals surface area contributed by atoms with Gasteiger partial charge in [0.15, 0.2) is 0 Å². The van der Waals surface area contributed by atoms with E-state index in [-0.39, 0.29) is 17.5 Å². The Balaban J connectivity index is 2.03. The molecule has 102 valence electrons. The second-order valence-electron chi connectivity index (χ2n) is 4.13. The van der Waals surface area contributed by atoms with Crippen molar-refractivity contribution in [2.24, 2.45) is 0 Å². The lowest BCUT2D eigenvalue weighted by atomic mass is 10.3. The van der Waals surface area contributed by atoms with Crippen LogP contribution in [0, 0.1) is 5.82 Å². The van der Waals surface area contributed by atoms with Gasteiger partial charge in [-0.25, -0.2) is 4.39 Å². The molecule has 0 unspecified atom stereocenters. The van der Waals surface area contributed by atoms with Crippen molar-refractivity contribution in [3.8, 4) is 11.6 Å². The third-order valence-electron chi connectivity index (χ3n) is 2.85. The average Bonchev–Trinajstić information content (AvgIpc) is 2.80. The summed E-state index contributed by atoms with van der Waals surface area (Å²) in [6, 6.07) is 9.48. The fourth-order valence-electron chi connectivity index (χ4n) is 1.90. The maximum Gasteiger partial charge on any atom is 0.243 e. The number of hydrogen-bond donors (Lipinski definition) is 1. The third kappa shape index (κ3) is 2.21. The van der Waals surface area contributed by atoms with E-state index in [1.165, 1.54) is 18.2 Å². The van der Waals surface area contributed by atoms with Crippen molar-refractivity contribution < 1.29 is 14.2 Å². The summed E-state index contributed by atoms with van der Waals surface area (Å²) in [6.07, 6.45) is 1.78. The van der Waals surface area contributed by atoms with Gasteiger partial charge in [-0.15, -0.1) is 0 Å². The van der Waals surface area contributed by atoms with Gasteiger partial charge >= 0.3 is 0 Å². The third-order valence-corrected chi connectivity index (χ3v) is 3.14. The molecule has 0 aliphatic heterocycles. The molecule has 0 atom stereocenters. The van der Waals surface area contributed by atoms with Crippen LogP contribution in [0.5, 0.6) is 11.6 Å². The summed E-state index contributed by atoms with van der Waals surface area (Å²) in [5.74, 6) is 0.104. The minimum atomic E-state index is -0.517. The molecule has 0 radical (unpaired) electrons. The number of rotatable bonds is 3. The largest absolute Gasteiger partial charge is 0.437 e. The molecule has 0 saturated heterocycles. The van der Waals surface area contributed by atoms with Gasteiger partial charge in [-0.2, -0.15) is 4.98 Å². The van der Waals surface area contributed by atoms with E-state index in [2.05, 4.69) is 4.98 Å². The van der Waals surface area contributed by atoms with Crippen LogP contribution in [0.15, 0.2) is 42.6 Å². The second-order valence-corrected chi connectivity index (χ2v) is 4.54. The molecule has 6 heteroatoms. The number of aliphatic hydroxyl groups is 1. The fourth-order valence-corrected chi connectivity index (χ4v) is 2.07. The quantitative estimate of drug-likeness (QED) is 0.804. The molecule has 3 rings (SSSR count). The molecule has 20 heavy (non-hydrogen) atoms. The summed E-state index contributed by atoms with van der Waals surface area (Å²) in [4.78, 5) is 4.27. The smallest absolute Gasteiger partial charge is 0.243 e. The predicted octanol–water partition coefficient (Wildman–Crippen LogP) is 3.41. The summed E-state index contributed by atoms with van der Waals surface area (Å²) in [6.45, 7) is -0.227. The van der Waals surface area contributed by atoms with Crippen molar-refractivity contribution in [3.05, 3.63) is 59.1 Å². The molecule has 1 N–H and O–H groups in total. The molecule has 2 heterocycles. The summed E-state index contributed by atoms with van der Waals surface area (Å²) in [5.41, 5.74) is 1.17. The Kier molecular flexibility index (Phi) is 3.30. The number of ether oxygens (including phenoxy) is 1. The molecule has 1 aromatic carbocycles. The molecule has 0 bridgehead atoms. The van der Waals surface area contributed by atoms with Crippen molar-refractivity contribution in [3.63, 3.8) is 0 Å².